The summed E-state index contributed by atoms with van der Waals surface area (Å²) < 4.78 is 0. The standard InChI is InChI=1S/C12H20N2S2/c13-3-6-15-10-12-7-11(9-16-12)8-14-4-1-2-5-14/h7,9H,1-6,8,10,13H2. The molecule has 1 fully saturated rings. The molecule has 0 unspecified atom stereocenters. The van der Waals surface area contributed by atoms with E-state index in [0.29, 0.717) is 0 Å². The molecule has 0 radical (unpaired) electrons. The topological polar surface area (TPSA) is 29.3 Å². The maximum Gasteiger partial charge on any atom is 0.0279 e. The zero-order chi connectivity index (χ0) is 11.2. The molecule has 4 heteroatoms. The summed E-state index contributed by atoms with van der Waals surface area (Å²) in [6.07, 6.45) is 2.76. The number of thiophene rings is 1. The lowest BCUT2D eigenvalue weighted by molar-refractivity contribution is 0.332. The minimum atomic E-state index is 0.788. The SMILES string of the molecule is NCCSCc1cc(CN2CCCC2)cs1. The average Bonchev–Trinajstić information content (AvgIpc) is 2.91. The minimum absolute atomic E-state index is 0.788. The van der Waals surface area contributed by atoms with Crippen LogP contribution in [0.25, 0.3) is 0 Å². The Balaban J connectivity index is 1.77. The van der Waals surface area contributed by atoms with Crippen molar-refractivity contribution in [3.8, 4) is 0 Å². The van der Waals surface area contributed by atoms with Gasteiger partial charge in [0.05, 0.1) is 0 Å². The lowest BCUT2D eigenvalue weighted by Gasteiger charge is -2.12. The van der Waals surface area contributed by atoms with Gasteiger partial charge in [-0.25, -0.2) is 0 Å². The normalized spacial score (nSPS) is 17.1. The van der Waals surface area contributed by atoms with E-state index in [2.05, 4.69) is 16.3 Å². The molecule has 2 heterocycles. The number of nitrogens with zero attached hydrogens (tertiary/aromatic N) is 1. The van der Waals surface area contributed by atoms with Crippen LogP contribution in [-0.2, 0) is 12.3 Å². The second-order valence-corrected chi connectivity index (χ2v) is 6.35. The molecule has 0 atom stereocenters. The minimum Gasteiger partial charge on any atom is -0.330 e. The quantitative estimate of drug-likeness (QED) is 0.793. The molecule has 1 saturated heterocycles. The molecule has 0 spiro atoms. The van der Waals surface area contributed by atoms with Gasteiger partial charge in [-0.2, -0.15) is 11.8 Å². The monoisotopic (exact) mass is 256 g/mol. The summed E-state index contributed by atoms with van der Waals surface area (Å²) in [6.45, 7) is 4.51. The molecule has 2 nitrogen and oxygen atoms in total. The third-order valence-electron chi connectivity index (χ3n) is 2.82. The van der Waals surface area contributed by atoms with Gasteiger partial charge in [-0.1, -0.05) is 0 Å². The highest BCUT2D eigenvalue weighted by atomic mass is 32.2. The van der Waals surface area contributed by atoms with Gasteiger partial charge in [0.25, 0.3) is 0 Å². The van der Waals surface area contributed by atoms with Gasteiger partial charge in [-0.3, -0.25) is 4.90 Å². The predicted octanol–water partition coefficient (Wildman–Crippen LogP) is 2.54. The van der Waals surface area contributed by atoms with Crippen molar-refractivity contribution in [3.05, 3.63) is 21.9 Å². The van der Waals surface area contributed by atoms with E-state index >= 15 is 0 Å². The Morgan fingerprint density at radius 3 is 2.94 bits per heavy atom. The van der Waals surface area contributed by atoms with Crippen LogP contribution >= 0.6 is 23.1 Å². The van der Waals surface area contributed by atoms with Crippen molar-refractivity contribution in [3.63, 3.8) is 0 Å². The van der Waals surface area contributed by atoms with Crippen molar-refractivity contribution in [2.75, 3.05) is 25.4 Å². The van der Waals surface area contributed by atoms with E-state index in [1.807, 2.05) is 23.1 Å². The first-order valence-electron chi connectivity index (χ1n) is 5.95. The summed E-state index contributed by atoms with van der Waals surface area (Å²) in [5.74, 6) is 2.20. The first kappa shape index (κ1) is 12.4. The highest BCUT2D eigenvalue weighted by molar-refractivity contribution is 7.98. The zero-order valence-electron chi connectivity index (χ0n) is 9.65. The predicted molar refractivity (Wildman–Crippen MR) is 74.0 cm³/mol. The van der Waals surface area contributed by atoms with Crippen LogP contribution in [0.2, 0.25) is 0 Å². The molecule has 0 aliphatic carbocycles. The maximum absolute atomic E-state index is 5.48. The largest absolute Gasteiger partial charge is 0.330 e. The summed E-state index contributed by atoms with van der Waals surface area (Å²) in [4.78, 5) is 4.05. The molecule has 0 saturated carbocycles. The van der Waals surface area contributed by atoms with Crippen LogP contribution in [0.4, 0.5) is 0 Å². The van der Waals surface area contributed by atoms with E-state index < -0.39 is 0 Å². The Morgan fingerprint density at radius 2 is 2.19 bits per heavy atom. The Hall–Kier alpha value is -0.0300. The molecule has 90 valence electrons. The van der Waals surface area contributed by atoms with Crippen molar-refractivity contribution in [2.45, 2.75) is 25.1 Å². The van der Waals surface area contributed by atoms with Gasteiger partial charge in [0.1, 0.15) is 0 Å². The fourth-order valence-corrected chi connectivity index (χ4v) is 3.82. The van der Waals surface area contributed by atoms with Crippen LogP contribution in [0.5, 0.6) is 0 Å². The van der Waals surface area contributed by atoms with Gasteiger partial charge in [-0.05, 0) is 42.9 Å². The Labute approximate surface area is 106 Å². The van der Waals surface area contributed by atoms with Crippen LogP contribution < -0.4 is 5.73 Å². The van der Waals surface area contributed by atoms with Gasteiger partial charge in [-0.15, -0.1) is 11.3 Å². The number of rotatable bonds is 6. The molecular weight excluding hydrogens is 236 g/mol. The van der Waals surface area contributed by atoms with E-state index in [0.717, 1.165) is 24.6 Å². The average molecular weight is 256 g/mol. The molecule has 2 rings (SSSR count). The van der Waals surface area contributed by atoms with E-state index in [4.69, 9.17) is 5.73 Å². The third-order valence-corrected chi connectivity index (χ3v) is 5.03. The Morgan fingerprint density at radius 1 is 1.38 bits per heavy atom. The molecule has 16 heavy (non-hydrogen) atoms. The molecule has 1 aromatic heterocycles. The number of nitrogens with two attached hydrogens (primary N) is 1. The molecule has 1 aromatic rings. The van der Waals surface area contributed by atoms with Crippen molar-refractivity contribution in [1.29, 1.82) is 0 Å². The van der Waals surface area contributed by atoms with E-state index in [9.17, 15) is 0 Å². The van der Waals surface area contributed by atoms with Gasteiger partial charge >= 0.3 is 0 Å². The number of thioether (sulfide) groups is 1. The second kappa shape index (κ2) is 6.64. The number of likely N-dealkylation sites (tertiary alicyclic amines) is 1. The van der Waals surface area contributed by atoms with Gasteiger partial charge in [0.2, 0.25) is 0 Å². The summed E-state index contributed by atoms with van der Waals surface area (Å²) in [5.41, 5.74) is 6.98. The second-order valence-electron chi connectivity index (χ2n) is 4.25. The van der Waals surface area contributed by atoms with Crippen molar-refractivity contribution in [2.24, 2.45) is 5.73 Å². The lowest BCUT2D eigenvalue weighted by atomic mass is 10.3. The molecule has 0 amide bonds. The van der Waals surface area contributed by atoms with Gasteiger partial charge < -0.3 is 5.73 Å². The first-order valence-corrected chi connectivity index (χ1v) is 7.98. The van der Waals surface area contributed by atoms with E-state index in [1.54, 1.807) is 0 Å². The van der Waals surface area contributed by atoms with Crippen LogP contribution in [0.1, 0.15) is 23.3 Å². The maximum atomic E-state index is 5.48. The van der Waals surface area contributed by atoms with E-state index in [1.165, 1.54) is 36.4 Å². The zero-order valence-corrected chi connectivity index (χ0v) is 11.3. The van der Waals surface area contributed by atoms with Gasteiger partial charge in [0, 0.05) is 29.5 Å². The molecule has 2 N–H and O–H groups in total. The van der Waals surface area contributed by atoms with Crippen molar-refractivity contribution >= 4 is 23.1 Å². The summed E-state index contributed by atoms with van der Waals surface area (Å²) in [7, 11) is 0. The number of hydrogen-bond acceptors (Lipinski definition) is 4. The summed E-state index contributed by atoms with van der Waals surface area (Å²) in [5, 5.41) is 2.32. The number of hydrogen-bond donors (Lipinski definition) is 1. The highest BCUT2D eigenvalue weighted by Crippen LogP contribution is 2.22. The summed E-state index contributed by atoms with van der Waals surface area (Å²) in [6, 6.07) is 2.37. The van der Waals surface area contributed by atoms with Crippen LogP contribution in [0.3, 0.4) is 0 Å². The molecule has 0 aromatic carbocycles. The molecular formula is C12H20N2S2. The first-order chi connectivity index (χ1) is 7.88. The van der Waals surface area contributed by atoms with Crippen LogP contribution in [-0.4, -0.2) is 30.3 Å². The summed E-state index contributed by atoms with van der Waals surface area (Å²) >= 11 is 3.83. The fraction of sp³-hybridized carbons (Fsp3) is 0.667. The Kier molecular flexibility index (Phi) is 5.16. The van der Waals surface area contributed by atoms with Crippen molar-refractivity contribution in [1.82, 2.24) is 4.90 Å². The van der Waals surface area contributed by atoms with Crippen LogP contribution in [0.15, 0.2) is 11.4 Å². The van der Waals surface area contributed by atoms with E-state index in [-0.39, 0.29) is 0 Å². The molecule has 1 aliphatic rings. The highest BCUT2D eigenvalue weighted by Gasteiger charge is 2.12. The fourth-order valence-electron chi connectivity index (χ4n) is 2.04. The van der Waals surface area contributed by atoms with Crippen LogP contribution in [0, 0.1) is 0 Å². The van der Waals surface area contributed by atoms with Crippen molar-refractivity contribution < 1.29 is 0 Å². The third kappa shape index (κ3) is 3.77. The molecule has 1 aliphatic heterocycles. The Bertz CT molecular complexity index is 306. The molecule has 0 bridgehead atoms. The lowest BCUT2D eigenvalue weighted by Crippen LogP contribution is -2.17. The van der Waals surface area contributed by atoms with Gasteiger partial charge in [0.15, 0.2) is 0 Å². The smallest absolute Gasteiger partial charge is 0.0279 e.